The summed E-state index contributed by atoms with van der Waals surface area (Å²) < 4.78 is 19.9. The molecule has 0 atom stereocenters. The molecule has 3 rings (SSSR count). The fourth-order valence-corrected chi connectivity index (χ4v) is 2.96. The van der Waals surface area contributed by atoms with E-state index in [9.17, 15) is 19.3 Å². The van der Waals surface area contributed by atoms with E-state index in [4.69, 9.17) is 22.1 Å². The Morgan fingerprint density at radius 1 is 1.23 bits per heavy atom. The fraction of sp³-hybridized carbons (Fsp3) is 0.300. The third kappa shape index (κ3) is 7.66. The van der Waals surface area contributed by atoms with E-state index < -0.39 is 16.0 Å². The summed E-state index contributed by atoms with van der Waals surface area (Å²) in [6, 6.07) is 6.09. The quantitative estimate of drug-likeness (QED) is 0.271. The van der Waals surface area contributed by atoms with Crippen molar-refractivity contribution in [1.82, 2.24) is 4.98 Å². The highest BCUT2D eigenvalue weighted by atomic mass is 35.5. The smallest absolute Gasteiger partial charge is 0.272 e. The molecule has 0 fully saturated rings. The maximum Gasteiger partial charge on any atom is 0.272 e. The van der Waals surface area contributed by atoms with E-state index >= 15 is 0 Å². The number of hydrogen-bond donors (Lipinski definition) is 1. The molecule has 7 nitrogen and oxygen atoms in total. The van der Waals surface area contributed by atoms with Gasteiger partial charge >= 0.3 is 0 Å². The molecule has 0 bridgehead atoms. The Kier molecular flexibility index (Phi) is 13.1. The molecule has 0 amide bonds. The van der Waals surface area contributed by atoms with E-state index in [1.807, 2.05) is 34.6 Å². The number of nitrogens with zero attached hydrogens (tertiary/aromatic N) is 2. The molecule has 10 heteroatoms. The Balaban J connectivity index is 0.00000108. The average Bonchev–Trinajstić information content (AvgIpc) is 3.19. The Labute approximate surface area is 183 Å². The summed E-state index contributed by atoms with van der Waals surface area (Å²) in [7, 11) is 0. The molecule has 0 aliphatic rings. The van der Waals surface area contributed by atoms with Crippen LogP contribution in [0.15, 0.2) is 36.5 Å². The summed E-state index contributed by atoms with van der Waals surface area (Å²) in [5, 5.41) is 9.99. The highest BCUT2D eigenvalue weighted by molar-refractivity contribution is 7.22. The minimum Gasteiger partial charge on any atom is -0.453 e. The number of rotatable bonds is 4. The summed E-state index contributed by atoms with van der Waals surface area (Å²) in [4.78, 5) is 25.5. The van der Waals surface area contributed by atoms with Crippen molar-refractivity contribution in [3.63, 3.8) is 0 Å². The van der Waals surface area contributed by atoms with Crippen LogP contribution in [0.4, 0.5) is 10.1 Å². The van der Waals surface area contributed by atoms with Gasteiger partial charge in [-0.2, -0.15) is 0 Å². The van der Waals surface area contributed by atoms with Crippen LogP contribution in [0.5, 0.6) is 11.5 Å². The lowest BCUT2D eigenvalue weighted by Crippen LogP contribution is -1.92. The first-order valence-electron chi connectivity index (χ1n) is 9.27. The van der Waals surface area contributed by atoms with Crippen LogP contribution in [0.3, 0.4) is 0 Å². The number of pyridine rings is 1. The molecule has 0 saturated heterocycles. The van der Waals surface area contributed by atoms with Crippen molar-refractivity contribution in [3.05, 3.63) is 57.3 Å². The van der Waals surface area contributed by atoms with Gasteiger partial charge in [-0.25, -0.2) is 4.39 Å². The first-order valence-corrected chi connectivity index (χ1v) is 10.5. The summed E-state index contributed by atoms with van der Waals surface area (Å²) in [6.07, 6.45) is 1.44. The normalized spacial score (nSPS) is 9.20. The predicted octanol–water partition coefficient (Wildman–Crippen LogP) is 6.53. The van der Waals surface area contributed by atoms with Crippen LogP contribution in [0.2, 0.25) is 0 Å². The Bertz CT molecular complexity index is 966. The van der Waals surface area contributed by atoms with Gasteiger partial charge in [0.15, 0.2) is 11.6 Å². The summed E-state index contributed by atoms with van der Waals surface area (Å²) >= 11 is 6.50. The summed E-state index contributed by atoms with van der Waals surface area (Å²) in [6.45, 7) is 10.7. The zero-order valence-electron chi connectivity index (χ0n) is 17.4. The van der Waals surface area contributed by atoms with Crippen molar-refractivity contribution >= 4 is 44.1 Å². The first-order chi connectivity index (χ1) is 14.4. The van der Waals surface area contributed by atoms with Crippen LogP contribution < -0.4 is 10.5 Å². The van der Waals surface area contributed by atoms with Gasteiger partial charge in [-0.15, -0.1) is 11.3 Å². The third-order valence-electron chi connectivity index (χ3n) is 2.92. The topological polar surface area (TPSA) is 108 Å². The molecule has 0 unspecified atom stereocenters. The van der Waals surface area contributed by atoms with E-state index in [2.05, 4.69) is 4.98 Å². The van der Waals surface area contributed by atoms with E-state index in [0.29, 0.717) is 10.2 Å². The molecule has 30 heavy (non-hydrogen) atoms. The SMILES string of the molecule is CC.CC.CCN.O=C(Cl)c1cc2nccc(Oc3ccc([N+](=O)[O-])cc3F)c2s1. The zero-order valence-corrected chi connectivity index (χ0v) is 19.0. The second kappa shape index (κ2) is 14.4. The zero-order chi connectivity index (χ0) is 23.3. The molecule has 164 valence electrons. The number of benzene rings is 1. The van der Waals surface area contributed by atoms with Crippen LogP contribution in [-0.4, -0.2) is 21.7 Å². The maximum absolute atomic E-state index is 13.9. The second-order valence-electron chi connectivity index (χ2n) is 4.79. The van der Waals surface area contributed by atoms with Gasteiger partial charge in [0.2, 0.25) is 0 Å². The number of thiophene rings is 1. The maximum atomic E-state index is 13.9. The van der Waals surface area contributed by atoms with Crippen LogP contribution in [0.25, 0.3) is 10.2 Å². The predicted molar refractivity (Wildman–Crippen MR) is 120 cm³/mol. The Morgan fingerprint density at radius 2 is 1.83 bits per heavy atom. The molecular weight excluding hydrogens is 433 g/mol. The molecule has 0 aliphatic carbocycles. The van der Waals surface area contributed by atoms with Crippen LogP contribution >= 0.6 is 22.9 Å². The van der Waals surface area contributed by atoms with Crippen LogP contribution in [-0.2, 0) is 0 Å². The van der Waals surface area contributed by atoms with E-state index in [1.165, 1.54) is 24.4 Å². The number of carbonyl (C=O) groups is 1. The summed E-state index contributed by atoms with van der Waals surface area (Å²) in [5.41, 5.74) is 4.96. The molecule has 0 radical (unpaired) electrons. The van der Waals surface area contributed by atoms with Crippen molar-refractivity contribution < 1.29 is 18.8 Å². The standard InChI is InChI=1S/C14H6ClFN2O4S.C2H7N.2C2H6/c15-14(19)12-6-9-13(23-12)11(3-4-17-9)22-10-2-1-7(18(20)21)5-8(10)16;1-2-3;2*1-2/h1-6H;2-3H2,1H3;2*1-2H3. The first kappa shape index (κ1) is 27.4. The van der Waals surface area contributed by atoms with E-state index in [1.54, 1.807) is 0 Å². The number of carbonyl (C=O) groups excluding carboxylic acids is 1. The monoisotopic (exact) mass is 457 g/mol. The molecule has 0 aliphatic heterocycles. The van der Waals surface area contributed by atoms with E-state index in [-0.39, 0.29) is 22.1 Å². The molecule has 2 aromatic heterocycles. The van der Waals surface area contributed by atoms with Gasteiger partial charge in [0.25, 0.3) is 10.9 Å². The number of halogens is 2. The van der Waals surface area contributed by atoms with Crippen molar-refractivity contribution in [3.8, 4) is 11.5 Å². The van der Waals surface area contributed by atoms with Crippen molar-refractivity contribution in [2.45, 2.75) is 34.6 Å². The second-order valence-corrected chi connectivity index (χ2v) is 6.19. The lowest BCUT2D eigenvalue weighted by atomic mass is 10.3. The minimum absolute atomic E-state index is 0.171. The van der Waals surface area contributed by atoms with Gasteiger partial charge in [-0.1, -0.05) is 34.6 Å². The third-order valence-corrected chi connectivity index (χ3v) is 4.37. The highest BCUT2D eigenvalue weighted by Crippen LogP contribution is 2.36. The lowest BCUT2D eigenvalue weighted by Gasteiger charge is -2.07. The molecule has 1 aromatic carbocycles. The van der Waals surface area contributed by atoms with Gasteiger partial charge < -0.3 is 10.5 Å². The Morgan fingerprint density at radius 3 is 2.33 bits per heavy atom. The highest BCUT2D eigenvalue weighted by Gasteiger charge is 2.16. The number of nitrogens with two attached hydrogens (primary N) is 1. The molecule has 0 spiro atoms. The van der Waals surface area contributed by atoms with Crippen molar-refractivity contribution in [2.75, 3.05) is 6.54 Å². The fourth-order valence-electron chi connectivity index (χ4n) is 1.90. The molecule has 3 aromatic rings. The van der Waals surface area contributed by atoms with Crippen molar-refractivity contribution in [2.24, 2.45) is 5.73 Å². The number of non-ortho nitro benzene ring substituents is 1. The van der Waals surface area contributed by atoms with Gasteiger partial charge in [0.1, 0.15) is 5.75 Å². The van der Waals surface area contributed by atoms with Gasteiger partial charge in [0, 0.05) is 18.3 Å². The number of hydrogen-bond acceptors (Lipinski definition) is 7. The number of nitro groups is 1. The number of ether oxygens (including phenoxy) is 1. The largest absolute Gasteiger partial charge is 0.453 e. The Hall–Kier alpha value is -2.62. The average molecular weight is 458 g/mol. The van der Waals surface area contributed by atoms with Crippen LogP contribution in [0.1, 0.15) is 44.3 Å². The van der Waals surface area contributed by atoms with Crippen LogP contribution in [0, 0.1) is 15.9 Å². The molecule has 2 N–H and O–H groups in total. The van der Waals surface area contributed by atoms with Crippen molar-refractivity contribution in [1.29, 1.82) is 0 Å². The molecule has 2 heterocycles. The van der Waals surface area contributed by atoms with Gasteiger partial charge in [-0.05, 0) is 30.3 Å². The molecule has 0 saturated carbocycles. The minimum atomic E-state index is -0.866. The lowest BCUT2D eigenvalue weighted by molar-refractivity contribution is -0.385. The number of aromatic nitrogens is 1. The van der Waals surface area contributed by atoms with Gasteiger partial charge in [-0.3, -0.25) is 19.9 Å². The van der Waals surface area contributed by atoms with Gasteiger partial charge in [0.05, 0.1) is 26.1 Å². The molecular formula is C20H25ClFN3O4S. The summed E-state index contributed by atoms with van der Waals surface area (Å²) in [5.74, 6) is -0.762. The number of fused-ring (bicyclic) bond motifs is 1. The number of nitro benzene ring substituents is 1. The van der Waals surface area contributed by atoms with E-state index in [0.717, 1.165) is 30.0 Å².